The third-order valence-corrected chi connectivity index (χ3v) is 1.66. The Morgan fingerprint density at radius 1 is 1.47 bits per heavy atom. The molecule has 0 amide bonds. The van der Waals surface area contributed by atoms with E-state index in [9.17, 15) is 13.6 Å². The maximum atomic E-state index is 12.1. The van der Waals surface area contributed by atoms with E-state index in [0.29, 0.717) is 5.75 Å². The van der Waals surface area contributed by atoms with Gasteiger partial charge in [-0.3, -0.25) is 4.79 Å². The van der Waals surface area contributed by atoms with Crippen molar-refractivity contribution in [1.29, 1.82) is 0 Å². The molecule has 0 bridgehead atoms. The number of carbonyl (C=O) groups excluding carboxylic acids is 1. The number of hydrogen-bond donors (Lipinski definition) is 0. The lowest BCUT2D eigenvalue weighted by Gasteiger charge is -2.05. The Labute approximate surface area is 85.6 Å². The van der Waals surface area contributed by atoms with Gasteiger partial charge >= 0.3 is 6.43 Å². The summed E-state index contributed by atoms with van der Waals surface area (Å²) in [5.74, 6) is -0.888. The third-order valence-electron chi connectivity index (χ3n) is 1.66. The number of methoxy groups -OCH3 is 1. The van der Waals surface area contributed by atoms with Gasteiger partial charge in [0.1, 0.15) is 5.75 Å². The standard InChI is InChI=1S/C10H10F2O3/c1-14-6-15-8-4-2-3-7(5-8)9(13)10(11)12/h2-5,10H,6H2,1H3. The molecule has 1 rings (SSSR count). The van der Waals surface area contributed by atoms with Gasteiger partial charge in [0.2, 0.25) is 5.78 Å². The largest absolute Gasteiger partial charge is 0.468 e. The van der Waals surface area contributed by atoms with Gasteiger partial charge < -0.3 is 9.47 Å². The number of alkyl halides is 2. The fourth-order valence-corrected chi connectivity index (χ4v) is 0.992. The van der Waals surface area contributed by atoms with Gasteiger partial charge in [-0.05, 0) is 12.1 Å². The Bertz CT molecular complexity index is 339. The second-order valence-corrected chi connectivity index (χ2v) is 2.74. The minimum atomic E-state index is -3.00. The van der Waals surface area contributed by atoms with Crippen molar-refractivity contribution >= 4 is 5.78 Å². The maximum absolute atomic E-state index is 12.1. The van der Waals surface area contributed by atoms with Crippen LogP contribution in [0.1, 0.15) is 10.4 Å². The summed E-state index contributed by atoms with van der Waals surface area (Å²) in [4.78, 5) is 10.9. The molecular formula is C10H10F2O3. The van der Waals surface area contributed by atoms with Crippen molar-refractivity contribution in [2.75, 3.05) is 13.9 Å². The highest BCUT2D eigenvalue weighted by Gasteiger charge is 2.17. The number of benzene rings is 1. The number of Topliss-reactive ketones (excluding diaryl/α,β-unsaturated/α-hetero) is 1. The van der Waals surface area contributed by atoms with Crippen molar-refractivity contribution in [2.45, 2.75) is 6.43 Å². The molecule has 0 aromatic heterocycles. The second kappa shape index (κ2) is 5.41. The van der Waals surface area contributed by atoms with Crippen LogP contribution in [0.15, 0.2) is 24.3 Å². The molecule has 0 aliphatic heterocycles. The highest BCUT2D eigenvalue weighted by molar-refractivity contribution is 5.98. The summed E-state index contributed by atoms with van der Waals surface area (Å²) in [6.45, 7) is 0.00627. The van der Waals surface area contributed by atoms with Gasteiger partial charge in [-0.25, -0.2) is 8.78 Å². The van der Waals surface area contributed by atoms with Crippen LogP contribution in [0.4, 0.5) is 8.78 Å². The molecule has 82 valence electrons. The van der Waals surface area contributed by atoms with E-state index in [1.165, 1.54) is 25.3 Å². The highest BCUT2D eigenvalue weighted by Crippen LogP contribution is 2.15. The van der Waals surface area contributed by atoms with E-state index in [2.05, 4.69) is 4.74 Å². The van der Waals surface area contributed by atoms with Crippen molar-refractivity contribution < 1.29 is 23.0 Å². The number of rotatable bonds is 5. The molecule has 0 aliphatic carbocycles. The number of ketones is 1. The SMILES string of the molecule is COCOc1cccc(C(=O)C(F)F)c1. The van der Waals surface area contributed by atoms with Crippen LogP contribution in [0.2, 0.25) is 0 Å². The van der Waals surface area contributed by atoms with Gasteiger partial charge in [-0.15, -0.1) is 0 Å². The molecule has 0 atom stereocenters. The van der Waals surface area contributed by atoms with Crippen molar-refractivity contribution in [1.82, 2.24) is 0 Å². The number of halogens is 2. The fourth-order valence-electron chi connectivity index (χ4n) is 0.992. The molecule has 0 radical (unpaired) electrons. The molecule has 0 unspecified atom stereocenters. The maximum Gasteiger partial charge on any atom is 0.300 e. The molecule has 0 aliphatic rings. The summed E-state index contributed by atoms with van der Waals surface area (Å²) in [5, 5.41) is 0. The van der Waals surface area contributed by atoms with Crippen molar-refractivity contribution in [3.63, 3.8) is 0 Å². The summed E-state index contributed by atoms with van der Waals surface area (Å²) in [6, 6.07) is 5.60. The van der Waals surface area contributed by atoms with Crippen molar-refractivity contribution in [3.05, 3.63) is 29.8 Å². The molecule has 0 N–H and O–H groups in total. The first-order valence-corrected chi connectivity index (χ1v) is 4.19. The number of carbonyl (C=O) groups is 1. The average Bonchev–Trinajstić information content (AvgIpc) is 2.25. The van der Waals surface area contributed by atoms with E-state index in [1.807, 2.05) is 0 Å². The van der Waals surface area contributed by atoms with Gasteiger partial charge in [0.15, 0.2) is 6.79 Å². The Hall–Kier alpha value is -1.49. The van der Waals surface area contributed by atoms with Crippen molar-refractivity contribution in [3.8, 4) is 5.75 Å². The summed E-state index contributed by atoms with van der Waals surface area (Å²) < 4.78 is 33.8. The molecular weight excluding hydrogens is 206 g/mol. The minimum absolute atomic E-state index is 0.00627. The third kappa shape index (κ3) is 3.28. The minimum Gasteiger partial charge on any atom is -0.468 e. The lowest BCUT2D eigenvalue weighted by molar-refractivity contribution is 0.0508. The lowest BCUT2D eigenvalue weighted by atomic mass is 10.1. The smallest absolute Gasteiger partial charge is 0.300 e. The molecule has 5 heteroatoms. The highest BCUT2D eigenvalue weighted by atomic mass is 19.3. The van der Waals surface area contributed by atoms with E-state index in [0.717, 1.165) is 0 Å². The van der Waals surface area contributed by atoms with Gasteiger partial charge in [0.25, 0.3) is 0 Å². The topological polar surface area (TPSA) is 35.5 Å². The van der Waals surface area contributed by atoms with Gasteiger partial charge in [-0.2, -0.15) is 0 Å². The monoisotopic (exact) mass is 216 g/mol. The molecule has 0 fully saturated rings. The van der Waals surface area contributed by atoms with E-state index in [-0.39, 0.29) is 12.4 Å². The zero-order valence-electron chi connectivity index (χ0n) is 8.07. The van der Waals surface area contributed by atoms with Crippen LogP contribution in [-0.4, -0.2) is 26.1 Å². The fraction of sp³-hybridized carbons (Fsp3) is 0.300. The summed E-state index contributed by atoms with van der Waals surface area (Å²) >= 11 is 0. The Morgan fingerprint density at radius 2 is 2.20 bits per heavy atom. The molecule has 1 aromatic carbocycles. The molecule has 15 heavy (non-hydrogen) atoms. The van der Waals surface area contributed by atoms with Gasteiger partial charge in [0, 0.05) is 12.7 Å². The van der Waals surface area contributed by atoms with Gasteiger partial charge in [-0.1, -0.05) is 12.1 Å². The normalized spacial score (nSPS) is 10.4. The average molecular weight is 216 g/mol. The van der Waals surface area contributed by atoms with Crippen LogP contribution < -0.4 is 4.74 Å². The van der Waals surface area contributed by atoms with E-state index in [4.69, 9.17) is 4.74 Å². The van der Waals surface area contributed by atoms with E-state index in [1.54, 1.807) is 6.07 Å². The van der Waals surface area contributed by atoms with Crippen LogP contribution in [0.3, 0.4) is 0 Å². The van der Waals surface area contributed by atoms with Crippen LogP contribution in [-0.2, 0) is 4.74 Å². The summed E-state index contributed by atoms with van der Waals surface area (Å²) in [5.41, 5.74) is -0.0707. The molecule has 0 heterocycles. The molecule has 3 nitrogen and oxygen atoms in total. The Kier molecular flexibility index (Phi) is 4.17. The summed E-state index contributed by atoms with van der Waals surface area (Å²) in [7, 11) is 1.44. The summed E-state index contributed by atoms with van der Waals surface area (Å²) in [6.07, 6.45) is -3.00. The zero-order chi connectivity index (χ0) is 11.3. The van der Waals surface area contributed by atoms with Crippen LogP contribution in [0.5, 0.6) is 5.75 Å². The first kappa shape index (κ1) is 11.6. The molecule has 1 aromatic rings. The second-order valence-electron chi connectivity index (χ2n) is 2.74. The van der Waals surface area contributed by atoms with Crippen LogP contribution in [0, 0.1) is 0 Å². The first-order valence-electron chi connectivity index (χ1n) is 4.19. The quantitative estimate of drug-likeness (QED) is 0.558. The predicted octanol–water partition coefficient (Wildman–Crippen LogP) is 2.12. The molecule has 0 saturated heterocycles. The van der Waals surface area contributed by atoms with E-state index < -0.39 is 12.2 Å². The number of hydrogen-bond acceptors (Lipinski definition) is 3. The number of ether oxygens (including phenoxy) is 2. The molecule has 0 spiro atoms. The lowest BCUT2D eigenvalue weighted by Crippen LogP contribution is -2.10. The Morgan fingerprint density at radius 3 is 2.80 bits per heavy atom. The van der Waals surface area contributed by atoms with Crippen molar-refractivity contribution in [2.24, 2.45) is 0 Å². The van der Waals surface area contributed by atoms with E-state index >= 15 is 0 Å². The zero-order valence-corrected chi connectivity index (χ0v) is 8.07. The van der Waals surface area contributed by atoms with Gasteiger partial charge in [0.05, 0.1) is 0 Å². The van der Waals surface area contributed by atoms with Crippen LogP contribution in [0.25, 0.3) is 0 Å². The first-order chi connectivity index (χ1) is 7.15. The Balaban J connectivity index is 2.78. The van der Waals surface area contributed by atoms with Crippen LogP contribution >= 0.6 is 0 Å². The molecule has 0 saturated carbocycles. The predicted molar refractivity (Wildman–Crippen MR) is 49.3 cm³/mol.